The zero-order valence-electron chi connectivity index (χ0n) is 14.5. The Labute approximate surface area is 143 Å². The highest BCUT2D eigenvalue weighted by atomic mass is 19.1. The minimum absolute atomic E-state index is 0.0607. The van der Waals surface area contributed by atoms with Crippen LogP contribution in [-0.2, 0) is 16.1 Å². The van der Waals surface area contributed by atoms with Gasteiger partial charge >= 0.3 is 0 Å². The van der Waals surface area contributed by atoms with E-state index in [1.807, 2.05) is 4.90 Å². The maximum Gasteiger partial charge on any atom is 0.224 e. The average molecular weight is 335 g/mol. The Morgan fingerprint density at radius 1 is 1.17 bits per heavy atom. The van der Waals surface area contributed by atoms with Gasteiger partial charge in [0.05, 0.1) is 0 Å². The first-order valence-electron chi connectivity index (χ1n) is 8.50. The summed E-state index contributed by atoms with van der Waals surface area (Å²) in [5.41, 5.74) is 0.469. The SMILES string of the molecule is CCN1CCN(C(=O)CCN(Cc2ccccc2F)C(C)=O)CC1. The summed E-state index contributed by atoms with van der Waals surface area (Å²) in [6.45, 7) is 8.34. The largest absolute Gasteiger partial charge is 0.340 e. The minimum atomic E-state index is -0.328. The van der Waals surface area contributed by atoms with Crippen molar-refractivity contribution in [3.8, 4) is 0 Å². The molecular formula is C18H26FN3O2. The van der Waals surface area contributed by atoms with E-state index >= 15 is 0 Å². The Morgan fingerprint density at radius 2 is 1.83 bits per heavy atom. The fourth-order valence-electron chi connectivity index (χ4n) is 2.88. The van der Waals surface area contributed by atoms with E-state index in [9.17, 15) is 14.0 Å². The lowest BCUT2D eigenvalue weighted by atomic mass is 10.2. The van der Waals surface area contributed by atoms with Crippen molar-refractivity contribution >= 4 is 11.8 Å². The van der Waals surface area contributed by atoms with Crippen LogP contribution in [-0.4, -0.2) is 65.8 Å². The Hall–Kier alpha value is -1.95. The van der Waals surface area contributed by atoms with Crippen LogP contribution in [0.15, 0.2) is 24.3 Å². The van der Waals surface area contributed by atoms with Crippen molar-refractivity contribution in [2.24, 2.45) is 0 Å². The van der Waals surface area contributed by atoms with E-state index in [4.69, 9.17) is 0 Å². The molecule has 0 radical (unpaired) electrons. The van der Waals surface area contributed by atoms with E-state index in [0.29, 0.717) is 12.1 Å². The molecular weight excluding hydrogens is 309 g/mol. The molecule has 1 aliphatic rings. The van der Waals surface area contributed by atoms with Gasteiger partial charge in [0.1, 0.15) is 5.82 Å². The smallest absolute Gasteiger partial charge is 0.224 e. The maximum atomic E-state index is 13.8. The summed E-state index contributed by atoms with van der Waals surface area (Å²) in [6, 6.07) is 6.41. The fourth-order valence-corrected chi connectivity index (χ4v) is 2.88. The number of hydrogen-bond acceptors (Lipinski definition) is 3. The number of nitrogens with zero attached hydrogens (tertiary/aromatic N) is 3. The third-order valence-electron chi connectivity index (χ3n) is 4.53. The van der Waals surface area contributed by atoms with Crippen LogP contribution < -0.4 is 0 Å². The Balaban J connectivity index is 1.86. The van der Waals surface area contributed by atoms with Crippen molar-refractivity contribution in [2.45, 2.75) is 26.8 Å². The predicted octanol–water partition coefficient (Wildman–Crippen LogP) is 1.73. The molecule has 1 heterocycles. The van der Waals surface area contributed by atoms with Crippen LogP contribution in [0, 0.1) is 5.82 Å². The molecule has 5 nitrogen and oxygen atoms in total. The first-order chi connectivity index (χ1) is 11.5. The molecule has 0 spiro atoms. The molecule has 0 atom stereocenters. The number of amides is 2. The number of carbonyl (C=O) groups excluding carboxylic acids is 2. The quantitative estimate of drug-likeness (QED) is 0.795. The summed E-state index contributed by atoms with van der Waals surface area (Å²) >= 11 is 0. The number of piperazine rings is 1. The van der Waals surface area contributed by atoms with Gasteiger partial charge in [0.15, 0.2) is 0 Å². The third-order valence-corrected chi connectivity index (χ3v) is 4.53. The highest BCUT2D eigenvalue weighted by Crippen LogP contribution is 2.11. The molecule has 1 aliphatic heterocycles. The molecule has 2 rings (SSSR count). The third kappa shape index (κ3) is 5.03. The van der Waals surface area contributed by atoms with Crippen LogP contribution in [0.3, 0.4) is 0 Å². The van der Waals surface area contributed by atoms with Crippen LogP contribution in [0.5, 0.6) is 0 Å². The highest BCUT2D eigenvalue weighted by molar-refractivity contribution is 5.78. The van der Waals surface area contributed by atoms with Crippen molar-refractivity contribution in [3.63, 3.8) is 0 Å². The number of likely N-dealkylation sites (N-methyl/N-ethyl adjacent to an activating group) is 1. The number of rotatable bonds is 6. The Kier molecular flexibility index (Phi) is 6.73. The van der Waals surface area contributed by atoms with E-state index in [-0.39, 0.29) is 30.6 Å². The van der Waals surface area contributed by atoms with Gasteiger partial charge in [-0.05, 0) is 12.6 Å². The maximum absolute atomic E-state index is 13.8. The second-order valence-corrected chi connectivity index (χ2v) is 6.10. The van der Waals surface area contributed by atoms with E-state index in [0.717, 1.165) is 32.7 Å². The van der Waals surface area contributed by atoms with Gasteiger partial charge in [0.25, 0.3) is 0 Å². The molecule has 0 bridgehead atoms. The Morgan fingerprint density at radius 3 is 2.42 bits per heavy atom. The molecule has 0 unspecified atom stereocenters. The molecule has 0 aromatic heterocycles. The molecule has 6 heteroatoms. The van der Waals surface area contributed by atoms with E-state index in [2.05, 4.69) is 11.8 Å². The van der Waals surface area contributed by atoms with Crippen LogP contribution in [0.2, 0.25) is 0 Å². The van der Waals surface area contributed by atoms with E-state index in [1.165, 1.54) is 17.9 Å². The summed E-state index contributed by atoms with van der Waals surface area (Å²) in [5.74, 6) is -0.418. The van der Waals surface area contributed by atoms with Gasteiger partial charge in [0.2, 0.25) is 11.8 Å². The lowest BCUT2D eigenvalue weighted by Crippen LogP contribution is -2.49. The fraction of sp³-hybridized carbons (Fsp3) is 0.556. The van der Waals surface area contributed by atoms with Gasteiger partial charge in [-0.25, -0.2) is 4.39 Å². The monoisotopic (exact) mass is 335 g/mol. The molecule has 0 saturated carbocycles. The second kappa shape index (κ2) is 8.78. The van der Waals surface area contributed by atoms with Crippen molar-refractivity contribution in [2.75, 3.05) is 39.3 Å². The number of carbonyl (C=O) groups is 2. The summed E-state index contributed by atoms with van der Waals surface area (Å²) < 4.78 is 13.8. The van der Waals surface area contributed by atoms with Crippen LogP contribution in [0.4, 0.5) is 4.39 Å². The van der Waals surface area contributed by atoms with Gasteiger partial charge < -0.3 is 14.7 Å². The summed E-state index contributed by atoms with van der Waals surface area (Å²) in [5, 5.41) is 0. The standard InChI is InChI=1S/C18H26FN3O2/c1-3-20-10-12-21(13-11-20)18(24)8-9-22(15(2)23)14-16-6-4-5-7-17(16)19/h4-7H,3,8-14H2,1-2H3. The molecule has 24 heavy (non-hydrogen) atoms. The van der Waals surface area contributed by atoms with Gasteiger partial charge in [-0.15, -0.1) is 0 Å². The van der Waals surface area contributed by atoms with Crippen molar-refractivity contribution in [1.82, 2.24) is 14.7 Å². The first kappa shape index (κ1) is 18.4. The number of hydrogen-bond donors (Lipinski definition) is 0. The van der Waals surface area contributed by atoms with Gasteiger partial charge in [-0.2, -0.15) is 0 Å². The van der Waals surface area contributed by atoms with Gasteiger partial charge in [0, 0.05) is 58.2 Å². The van der Waals surface area contributed by atoms with Crippen LogP contribution in [0.1, 0.15) is 25.8 Å². The molecule has 0 aliphatic carbocycles. The van der Waals surface area contributed by atoms with E-state index < -0.39 is 0 Å². The molecule has 132 valence electrons. The lowest BCUT2D eigenvalue weighted by Gasteiger charge is -2.34. The van der Waals surface area contributed by atoms with Crippen molar-refractivity contribution in [1.29, 1.82) is 0 Å². The number of benzene rings is 1. The molecule has 1 saturated heterocycles. The van der Waals surface area contributed by atoms with Gasteiger partial charge in [-0.3, -0.25) is 9.59 Å². The highest BCUT2D eigenvalue weighted by Gasteiger charge is 2.21. The topological polar surface area (TPSA) is 43.9 Å². The minimum Gasteiger partial charge on any atom is -0.340 e. The Bertz CT molecular complexity index is 571. The first-order valence-corrected chi connectivity index (χ1v) is 8.50. The van der Waals surface area contributed by atoms with Crippen molar-refractivity contribution in [3.05, 3.63) is 35.6 Å². The second-order valence-electron chi connectivity index (χ2n) is 6.10. The van der Waals surface area contributed by atoms with E-state index in [1.54, 1.807) is 18.2 Å². The predicted molar refractivity (Wildman–Crippen MR) is 90.8 cm³/mol. The average Bonchev–Trinajstić information content (AvgIpc) is 2.59. The number of halogens is 1. The molecule has 1 aromatic rings. The summed E-state index contributed by atoms with van der Waals surface area (Å²) in [7, 11) is 0. The van der Waals surface area contributed by atoms with Crippen LogP contribution in [0.25, 0.3) is 0 Å². The summed E-state index contributed by atoms with van der Waals surface area (Å²) in [6.07, 6.45) is 0.278. The molecule has 0 N–H and O–H groups in total. The zero-order valence-corrected chi connectivity index (χ0v) is 14.5. The van der Waals surface area contributed by atoms with Gasteiger partial charge in [-0.1, -0.05) is 25.1 Å². The van der Waals surface area contributed by atoms with Crippen molar-refractivity contribution < 1.29 is 14.0 Å². The molecule has 2 amide bonds. The molecule has 1 fully saturated rings. The lowest BCUT2D eigenvalue weighted by molar-refractivity contribution is -0.135. The summed E-state index contributed by atoms with van der Waals surface area (Å²) in [4.78, 5) is 29.8. The molecule has 1 aromatic carbocycles. The van der Waals surface area contributed by atoms with Crippen LogP contribution >= 0.6 is 0 Å². The normalized spacial score (nSPS) is 15.4. The zero-order chi connectivity index (χ0) is 17.5.